The molecule has 0 radical (unpaired) electrons. The summed E-state index contributed by atoms with van der Waals surface area (Å²) in [6.07, 6.45) is -0.212. The van der Waals surface area contributed by atoms with Gasteiger partial charge in [0.1, 0.15) is 16.8 Å². The smallest absolute Gasteiger partial charge is 0.407 e. The van der Waals surface area contributed by atoms with Gasteiger partial charge in [-0.05, 0) is 81.6 Å². The lowest BCUT2D eigenvalue weighted by Gasteiger charge is -2.24. The second-order valence-corrected chi connectivity index (χ2v) is 11.9. The van der Waals surface area contributed by atoms with Crippen molar-refractivity contribution in [1.82, 2.24) is 21.3 Å². The summed E-state index contributed by atoms with van der Waals surface area (Å²) in [5.41, 5.74) is 4.16. The van der Waals surface area contributed by atoms with Crippen LogP contribution in [0.2, 0.25) is 0 Å². The van der Waals surface area contributed by atoms with Crippen molar-refractivity contribution >= 4 is 24.2 Å². The molecule has 0 aromatic carbocycles. The van der Waals surface area contributed by atoms with Gasteiger partial charge in [-0.15, -0.1) is 0 Å². The predicted molar refractivity (Wildman–Crippen MR) is 141 cm³/mol. The molecule has 0 saturated carbocycles. The van der Waals surface area contributed by atoms with E-state index in [1.54, 1.807) is 62.3 Å². The van der Waals surface area contributed by atoms with Crippen LogP contribution in [-0.2, 0) is 19.0 Å². The number of nitrogens with one attached hydrogen (secondary N) is 4. The molecule has 6 N–H and O–H groups in total. The average Bonchev–Trinajstić information content (AvgIpc) is 2.64. The molecule has 0 rings (SSSR count). The molecule has 0 bridgehead atoms. The Balaban J connectivity index is 4.62. The van der Waals surface area contributed by atoms with E-state index in [1.165, 1.54) is 0 Å². The first-order valence-electron chi connectivity index (χ1n) is 12.7. The van der Waals surface area contributed by atoms with E-state index in [-0.39, 0.29) is 25.4 Å². The fourth-order valence-corrected chi connectivity index (χ4v) is 2.88. The monoisotopic (exact) mass is 531 g/mol. The Hall–Kier alpha value is -2.76. The zero-order valence-corrected chi connectivity index (χ0v) is 24.0. The highest BCUT2D eigenvalue weighted by atomic mass is 16.6. The van der Waals surface area contributed by atoms with Crippen LogP contribution in [0.5, 0.6) is 0 Å². The molecule has 0 spiro atoms. The summed E-state index contributed by atoms with van der Waals surface area (Å²) in [7, 11) is 0. The highest BCUT2D eigenvalue weighted by molar-refractivity contribution is 5.76. The molecule has 0 aromatic rings. The average molecular weight is 532 g/mol. The lowest BCUT2D eigenvalue weighted by molar-refractivity contribution is -0.121. The Bertz CT molecular complexity index is 739. The maximum atomic E-state index is 12.4. The van der Waals surface area contributed by atoms with Gasteiger partial charge in [-0.1, -0.05) is 0 Å². The number of hydrogen-bond donors (Lipinski definition) is 5. The maximum absolute atomic E-state index is 12.4. The van der Waals surface area contributed by atoms with Gasteiger partial charge in [0.2, 0.25) is 5.91 Å². The van der Waals surface area contributed by atoms with Crippen LogP contribution in [0.25, 0.3) is 0 Å². The first-order valence-corrected chi connectivity index (χ1v) is 12.7. The fraction of sp³-hybridized carbons (Fsp3) is 0.840. The number of ether oxygens (including phenoxy) is 3. The van der Waals surface area contributed by atoms with Crippen molar-refractivity contribution in [3.05, 3.63) is 0 Å². The minimum absolute atomic E-state index is 0.0509. The second kappa shape index (κ2) is 15.5. The van der Waals surface area contributed by atoms with Crippen molar-refractivity contribution in [3.63, 3.8) is 0 Å². The van der Waals surface area contributed by atoms with Crippen LogP contribution in [0.4, 0.5) is 14.4 Å². The number of rotatable bonds is 12. The molecular formula is C25H49N5O7. The molecule has 0 aliphatic rings. The molecule has 37 heavy (non-hydrogen) atoms. The molecule has 216 valence electrons. The van der Waals surface area contributed by atoms with Gasteiger partial charge < -0.3 is 41.2 Å². The molecule has 0 fully saturated rings. The highest BCUT2D eigenvalue weighted by Crippen LogP contribution is 2.09. The van der Waals surface area contributed by atoms with Crippen molar-refractivity contribution in [2.24, 2.45) is 5.73 Å². The molecule has 0 aromatic heterocycles. The fourth-order valence-electron chi connectivity index (χ4n) is 2.88. The summed E-state index contributed by atoms with van der Waals surface area (Å²) < 4.78 is 15.7. The van der Waals surface area contributed by atoms with Gasteiger partial charge in [0.15, 0.2) is 0 Å². The number of alkyl carbamates (subject to hydrolysis) is 3. The third-order valence-electron chi connectivity index (χ3n) is 4.30. The summed E-state index contributed by atoms with van der Waals surface area (Å²) in [4.78, 5) is 48.1. The standard InChI is InChI=1S/C25H49N5O7/c1-23(2,3)35-20(32)27-13-10-11-18(30-22(34)37-25(7,8)9)16-29-19(31)15-17(26)12-14-28-21(33)36-24(4,5)6/h17-18H,10-16,26H2,1-9H3,(H,27,32)(H,28,33)(H,29,31)(H,30,34)/t17?,18-/m0/s1. The van der Waals surface area contributed by atoms with Crippen molar-refractivity contribution in [3.8, 4) is 0 Å². The summed E-state index contributed by atoms with van der Waals surface area (Å²) in [5.74, 6) is -0.285. The zero-order valence-electron chi connectivity index (χ0n) is 24.0. The van der Waals surface area contributed by atoms with Crippen molar-refractivity contribution < 1.29 is 33.4 Å². The number of nitrogens with two attached hydrogens (primary N) is 1. The summed E-state index contributed by atoms with van der Waals surface area (Å²) in [5, 5.41) is 10.8. The maximum Gasteiger partial charge on any atom is 0.407 e. The van der Waals surface area contributed by atoms with Crippen LogP contribution in [-0.4, -0.2) is 72.7 Å². The Morgan fingerprint density at radius 3 is 1.62 bits per heavy atom. The molecule has 1 unspecified atom stereocenters. The second-order valence-electron chi connectivity index (χ2n) is 11.9. The van der Waals surface area contributed by atoms with Crippen LogP contribution in [0.3, 0.4) is 0 Å². The Morgan fingerprint density at radius 1 is 0.676 bits per heavy atom. The van der Waals surface area contributed by atoms with E-state index >= 15 is 0 Å². The van der Waals surface area contributed by atoms with Crippen molar-refractivity contribution in [2.75, 3.05) is 19.6 Å². The van der Waals surface area contributed by atoms with E-state index in [4.69, 9.17) is 19.9 Å². The third kappa shape index (κ3) is 22.2. The van der Waals surface area contributed by atoms with Crippen LogP contribution < -0.4 is 27.0 Å². The van der Waals surface area contributed by atoms with E-state index in [2.05, 4.69) is 21.3 Å². The Morgan fingerprint density at radius 2 is 1.14 bits per heavy atom. The first-order chi connectivity index (χ1) is 16.8. The molecule has 4 amide bonds. The van der Waals surface area contributed by atoms with Gasteiger partial charge in [-0.2, -0.15) is 0 Å². The van der Waals surface area contributed by atoms with Gasteiger partial charge in [0.05, 0.1) is 0 Å². The first kappa shape index (κ1) is 34.2. The number of carbonyl (C=O) groups is 4. The normalized spacial score (nSPS) is 13.6. The lowest BCUT2D eigenvalue weighted by Crippen LogP contribution is -2.46. The Labute approximate surface area is 221 Å². The van der Waals surface area contributed by atoms with Crippen molar-refractivity contribution in [2.45, 2.75) is 117 Å². The van der Waals surface area contributed by atoms with Crippen LogP contribution >= 0.6 is 0 Å². The number of hydrogen-bond acceptors (Lipinski definition) is 8. The van der Waals surface area contributed by atoms with Gasteiger partial charge in [-0.25, -0.2) is 14.4 Å². The molecule has 0 aliphatic heterocycles. The van der Waals surface area contributed by atoms with Crippen molar-refractivity contribution in [1.29, 1.82) is 0 Å². The van der Waals surface area contributed by atoms with Crippen LogP contribution in [0.15, 0.2) is 0 Å². The molecule has 12 heteroatoms. The van der Waals surface area contributed by atoms with E-state index in [1.807, 2.05) is 0 Å². The number of amides is 4. The third-order valence-corrected chi connectivity index (χ3v) is 4.30. The van der Waals surface area contributed by atoms with E-state index in [0.717, 1.165) is 0 Å². The van der Waals surface area contributed by atoms with E-state index in [9.17, 15) is 19.2 Å². The molecule has 0 heterocycles. The molecule has 12 nitrogen and oxygen atoms in total. The summed E-state index contributed by atoms with van der Waals surface area (Å²) >= 11 is 0. The van der Waals surface area contributed by atoms with Gasteiger partial charge in [0.25, 0.3) is 0 Å². The molecular weight excluding hydrogens is 482 g/mol. The van der Waals surface area contributed by atoms with E-state index in [0.29, 0.717) is 25.8 Å². The summed E-state index contributed by atoms with van der Waals surface area (Å²) in [6.45, 7) is 16.7. The molecule has 0 saturated heterocycles. The quantitative estimate of drug-likeness (QED) is 0.189. The lowest BCUT2D eigenvalue weighted by atomic mass is 10.1. The van der Waals surface area contributed by atoms with Crippen LogP contribution in [0.1, 0.15) is 88.0 Å². The summed E-state index contributed by atoms with van der Waals surface area (Å²) in [6, 6.07) is -0.894. The van der Waals surface area contributed by atoms with Gasteiger partial charge in [-0.3, -0.25) is 4.79 Å². The van der Waals surface area contributed by atoms with Gasteiger partial charge in [0, 0.05) is 38.1 Å². The Kier molecular flexibility index (Phi) is 14.3. The predicted octanol–water partition coefficient (Wildman–Crippen LogP) is 2.93. The van der Waals surface area contributed by atoms with E-state index < -0.39 is 47.2 Å². The molecule has 0 aliphatic carbocycles. The minimum atomic E-state index is -0.670. The largest absolute Gasteiger partial charge is 0.444 e. The topological polar surface area (TPSA) is 170 Å². The van der Waals surface area contributed by atoms with Crippen LogP contribution in [0, 0.1) is 0 Å². The SMILES string of the molecule is CC(C)(C)OC(=O)NCCC[C@@H](CNC(=O)CC(N)CCNC(=O)OC(C)(C)C)NC(=O)OC(C)(C)C. The highest BCUT2D eigenvalue weighted by Gasteiger charge is 2.21. The molecule has 2 atom stereocenters. The number of carbonyl (C=O) groups excluding carboxylic acids is 4. The van der Waals surface area contributed by atoms with Gasteiger partial charge >= 0.3 is 18.3 Å². The minimum Gasteiger partial charge on any atom is -0.444 e. The zero-order chi connectivity index (χ0) is 28.9.